The molecule has 0 aromatic heterocycles. The molecule has 2 nitrogen and oxygen atoms in total. The van der Waals surface area contributed by atoms with Crippen molar-refractivity contribution in [3.8, 4) is 12.3 Å². The summed E-state index contributed by atoms with van der Waals surface area (Å²) in [6.45, 7) is 2.17. The topological polar surface area (TPSA) is 18.5 Å². The molecule has 2 saturated heterocycles. The third-order valence-corrected chi connectivity index (χ3v) is 5.75. The van der Waals surface area contributed by atoms with E-state index in [9.17, 15) is 0 Å². The molecule has 0 bridgehead atoms. The maximum absolute atomic E-state index is 6.19. The first-order valence-corrected chi connectivity index (χ1v) is 8.69. The van der Waals surface area contributed by atoms with Crippen LogP contribution in [0.1, 0.15) is 32.6 Å². The average molecular weight is 392 g/mol. The quantitative estimate of drug-likeness (QED) is 0.537. The van der Waals surface area contributed by atoms with Gasteiger partial charge in [0, 0.05) is 9.65 Å². The molecular formula is C15H20Br2O2. The van der Waals surface area contributed by atoms with Gasteiger partial charge in [0.25, 0.3) is 0 Å². The van der Waals surface area contributed by atoms with Crippen LogP contribution in [-0.4, -0.2) is 34.1 Å². The fourth-order valence-corrected chi connectivity index (χ4v) is 4.36. The summed E-state index contributed by atoms with van der Waals surface area (Å²) in [7, 11) is 0. The van der Waals surface area contributed by atoms with Gasteiger partial charge in [-0.1, -0.05) is 50.8 Å². The normalized spacial score (nSPS) is 42.8. The van der Waals surface area contributed by atoms with Crippen LogP contribution in [0.4, 0.5) is 0 Å². The SMILES string of the molecule is C#C/C=C\C[C@@H]1O[C@@H]2C[C@H](Br)[C@H](CC)O[C@@H]2C[C@@H]1Br. The predicted molar refractivity (Wildman–Crippen MR) is 84.9 cm³/mol. The number of ether oxygens (including phenoxy) is 2. The van der Waals surface area contributed by atoms with E-state index in [1.807, 2.05) is 6.08 Å². The maximum Gasteiger partial charge on any atom is 0.0853 e. The molecule has 0 unspecified atom stereocenters. The fraction of sp³-hybridized carbons (Fsp3) is 0.733. The molecule has 106 valence electrons. The van der Waals surface area contributed by atoms with Crippen molar-refractivity contribution in [1.82, 2.24) is 0 Å². The van der Waals surface area contributed by atoms with E-state index >= 15 is 0 Å². The summed E-state index contributed by atoms with van der Waals surface area (Å²) in [5, 5.41) is 0. The average Bonchev–Trinajstić information content (AvgIpc) is 2.39. The number of hydrogen-bond donors (Lipinski definition) is 0. The molecule has 0 aromatic carbocycles. The van der Waals surface area contributed by atoms with Crippen LogP contribution < -0.4 is 0 Å². The van der Waals surface area contributed by atoms with Crippen molar-refractivity contribution in [2.75, 3.05) is 0 Å². The molecular weight excluding hydrogens is 372 g/mol. The summed E-state index contributed by atoms with van der Waals surface area (Å²) < 4.78 is 12.3. The Hall–Kier alpha value is 0.180. The first kappa shape index (κ1) is 15.6. The van der Waals surface area contributed by atoms with Crippen molar-refractivity contribution in [3.05, 3.63) is 12.2 Å². The van der Waals surface area contributed by atoms with E-state index in [4.69, 9.17) is 15.9 Å². The summed E-state index contributed by atoms with van der Waals surface area (Å²) in [4.78, 5) is 0.730. The van der Waals surface area contributed by atoms with Crippen LogP contribution in [0.3, 0.4) is 0 Å². The van der Waals surface area contributed by atoms with Crippen LogP contribution >= 0.6 is 31.9 Å². The highest BCUT2D eigenvalue weighted by molar-refractivity contribution is 9.09. The zero-order valence-electron chi connectivity index (χ0n) is 11.1. The molecule has 4 heteroatoms. The molecule has 0 N–H and O–H groups in total. The molecule has 0 aliphatic carbocycles. The fourth-order valence-electron chi connectivity index (χ4n) is 2.78. The number of fused-ring (bicyclic) bond motifs is 1. The van der Waals surface area contributed by atoms with Crippen LogP contribution in [-0.2, 0) is 9.47 Å². The van der Waals surface area contributed by atoms with Crippen LogP contribution in [0.25, 0.3) is 0 Å². The standard InChI is InChI=1S/C15H20Br2O2/c1-3-5-6-7-13-11(17)9-14-15(19-13)8-10(16)12(4-2)18-14/h1,5-6,10-15H,4,7-9H2,2H3/b6-5-/t10-,11-,12-,13-,14+,15+/m0/s1. The summed E-state index contributed by atoms with van der Waals surface area (Å²) >= 11 is 7.44. The Morgan fingerprint density at radius 1 is 1.16 bits per heavy atom. The van der Waals surface area contributed by atoms with Gasteiger partial charge in [-0.25, -0.2) is 0 Å². The van der Waals surface area contributed by atoms with Gasteiger partial charge in [0.05, 0.1) is 24.4 Å². The molecule has 0 aromatic rings. The van der Waals surface area contributed by atoms with E-state index in [1.165, 1.54) is 0 Å². The monoisotopic (exact) mass is 390 g/mol. The Morgan fingerprint density at radius 2 is 1.74 bits per heavy atom. The number of alkyl halides is 2. The van der Waals surface area contributed by atoms with E-state index in [-0.39, 0.29) is 18.3 Å². The lowest BCUT2D eigenvalue weighted by atomic mass is 9.91. The Balaban J connectivity index is 1.95. The highest BCUT2D eigenvalue weighted by Crippen LogP contribution is 2.38. The number of allylic oxidation sites excluding steroid dienone is 1. The Morgan fingerprint density at radius 3 is 2.32 bits per heavy atom. The van der Waals surface area contributed by atoms with Crippen molar-refractivity contribution in [1.29, 1.82) is 0 Å². The van der Waals surface area contributed by atoms with Crippen molar-refractivity contribution < 1.29 is 9.47 Å². The van der Waals surface area contributed by atoms with Crippen molar-refractivity contribution in [2.24, 2.45) is 0 Å². The van der Waals surface area contributed by atoms with Crippen molar-refractivity contribution >= 4 is 31.9 Å². The Kier molecular flexibility index (Phi) is 5.95. The van der Waals surface area contributed by atoms with Gasteiger partial charge in [0.1, 0.15) is 0 Å². The van der Waals surface area contributed by atoms with E-state index in [0.717, 1.165) is 25.7 Å². The maximum atomic E-state index is 6.19. The lowest BCUT2D eigenvalue weighted by Crippen LogP contribution is -2.53. The van der Waals surface area contributed by atoms with Gasteiger partial charge in [-0.3, -0.25) is 0 Å². The highest BCUT2D eigenvalue weighted by Gasteiger charge is 2.43. The molecule has 2 rings (SSSR count). The van der Waals surface area contributed by atoms with Crippen LogP contribution in [0.2, 0.25) is 0 Å². The molecule has 19 heavy (non-hydrogen) atoms. The van der Waals surface area contributed by atoms with Crippen LogP contribution in [0.15, 0.2) is 12.2 Å². The summed E-state index contributed by atoms with van der Waals surface area (Å²) in [6, 6.07) is 0. The summed E-state index contributed by atoms with van der Waals surface area (Å²) in [5.41, 5.74) is 0. The number of terminal acetylenes is 1. The van der Waals surface area contributed by atoms with E-state index in [2.05, 4.69) is 44.7 Å². The molecule has 0 saturated carbocycles. The highest BCUT2D eigenvalue weighted by atomic mass is 79.9. The molecule has 2 aliphatic heterocycles. The molecule has 6 atom stereocenters. The largest absolute Gasteiger partial charge is 0.371 e. The van der Waals surface area contributed by atoms with E-state index in [0.29, 0.717) is 15.8 Å². The van der Waals surface area contributed by atoms with Crippen LogP contribution in [0, 0.1) is 12.3 Å². The molecule has 0 spiro atoms. The van der Waals surface area contributed by atoms with E-state index < -0.39 is 0 Å². The second kappa shape index (κ2) is 7.26. The van der Waals surface area contributed by atoms with Crippen molar-refractivity contribution in [2.45, 2.75) is 66.7 Å². The van der Waals surface area contributed by atoms with Gasteiger partial charge in [0.15, 0.2) is 0 Å². The minimum atomic E-state index is 0.187. The van der Waals surface area contributed by atoms with Gasteiger partial charge < -0.3 is 9.47 Å². The first-order valence-electron chi connectivity index (χ1n) is 6.85. The van der Waals surface area contributed by atoms with Crippen molar-refractivity contribution in [3.63, 3.8) is 0 Å². The van der Waals surface area contributed by atoms with Gasteiger partial charge in [-0.05, 0) is 31.8 Å². The summed E-state index contributed by atoms with van der Waals surface area (Å²) in [5.74, 6) is 2.52. The third-order valence-electron chi connectivity index (χ3n) is 3.82. The molecule has 2 aliphatic rings. The van der Waals surface area contributed by atoms with Gasteiger partial charge in [-0.2, -0.15) is 0 Å². The Bertz CT molecular complexity index is 364. The number of halogens is 2. The van der Waals surface area contributed by atoms with Gasteiger partial charge >= 0.3 is 0 Å². The number of hydrogen-bond acceptors (Lipinski definition) is 2. The molecule has 2 heterocycles. The third kappa shape index (κ3) is 3.85. The van der Waals surface area contributed by atoms with E-state index in [1.54, 1.807) is 6.08 Å². The predicted octanol–water partition coefficient (Wildman–Crippen LogP) is 3.82. The molecule has 0 amide bonds. The van der Waals surface area contributed by atoms with Gasteiger partial charge in [0.2, 0.25) is 0 Å². The minimum Gasteiger partial charge on any atom is -0.371 e. The zero-order chi connectivity index (χ0) is 13.8. The van der Waals surface area contributed by atoms with Crippen LogP contribution in [0.5, 0.6) is 0 Å². The summed E-state index contributed by atoms with van der Waals surface area (Å²) in [6.07, 6.45) is 13.8. The van der Waals surface area contributed by atoms with Gasteiger partial charge in [-0.15, -0.1) is 6.42 Å². The lowest BCUT2D eigenvalue weighted by molar-refractivity contribution is -0.180. The molecule has 0 radical (unpaired) electrons. The Labute approximate surface area is 132 Å². The number of rotatable bonds is 3. The first-order chi connectivity index (χ1) is 9.15. The molecule has 2 fully saturated rings. The second-order valence-electron chi connectivity index (χ2n) is 5.14. The zero-order valence-corrected chi connectivity index (χ0v) is 14.3. The lowest BCUT2D eigenvalue weighted by Gasteiger charge is -2.45. The second-order valence-corrected chi connectivity index (χ2v) is 7.49. The smallest absolute Gasteiger partial charge is 0.0853 e. The minimum absolute atomic E-state index is 0.187.